The second kappa shape index (κ2) is 13.9. The van der Waals surface area contributed by atoms with Gasteiger partial charge in [-0.15, -0.1) is 0 Å². The molecule has 3 aromatic rings. The number of para-hydroxylation sites is 1. The van der Waals surface area contributed by atoms with Crippen LogP contribution in [-0.4, -0.2) is 43.6 Å². The summed E-state index contributed by atoms with van der Waals surface area (Å²) >= 11 is 0. The zero-order chi connectivity index (χ0) is 24.9. The quantitative estimate of drug-likeness (QED) is 0.149. The summed E-state index contributed by atoms with van der Waals surface area (Å²) in [6.45, 7) is 0.187. The Labute approximate surface area is 204 Å². The maximum Gasteiger partial charge on any atom is 0.251 e. The molecule has 0 bridgehead atoms. The molecule has 0 aromatic heterocycles. The van der Waals surface area contributed by atoms with Crippen LogP contribution < -0.4 is 15.5 Å². The van der Waals surface area contributed by atoms with Gasteiger partial charge in [0.1, 0.15) is 18.3 Å². The van der Waals surface area contributed by atoms with Crippen molar-refractivity contribution in [2.24, 2.45) is 5.92 Å². The van der Waals surface area contributed by atoms with Crippen LogP contribution >= 0.6 is 0 Å². The highest BCUT2D eigenvalue weighted by Gasteiger charge is 2.25. The van der Waals surface area contributed by atoms with Gasteiger partial charge in [-0.1, -0.05) is 48.5 Å². The second-order valence-corrected chi connectivity index (χ2v) is 7.99. The highest BCUT2D eigenvalue weighted by Crippen LogP contribution is 2.21. The number of carbonyl (C=O) groups excluding carboxylic acids is 2. The molecule has 0 aliphatic heterocycles. The van der Waals surface area contributed by atoms with Crippen molar-refractivity contribution in [2.75, 3.05) is 20.5 Å². The Balaban J connectivity index is 1.67. The van der Waals surface area contributed by atoms with Crippen molar-refractivity contribution in [1.29, 1.82) is 0 Å². The fourth-order valence-electron chi connectivity index (χ4n) is 3.63. The van der Waals surface area contributed by atoms with Crippen LogP contribution in [0.25, 0.3) is 0 Å². The SMILES string of the molecule is COCOC[C@@H](C[C@H](Cc1ccccc1)C(=O)NO)NC(=O)c1ccc(Oc2ccccc2)cc1. The largest absolute Gasteiger partial charge is 0.457 e. The molecule has 0 radical (unpaired) electrons. The maximum absolute atomic E-state index is 12.9. The van der Waals surface area contributed by atoms with Crippen LogP contribution in [0.2, 0.25) is 0 Å². The van der Waals surface area contributed by atoms with Crippen LogP contribution in [-0.2, 0) is 20.7 Å². The van der Waals surface area contributed by atoms with Gasteiger partial charge in [0, 0.05) is 18.6 Å². The van der Waals surface area contributed by atoms with Crippen molar-refractivity contribution in [3.05, 3.63) is 96.1 Å². The number of benzene rings is 3. The van der Waals surface area contributed by atoms with Gasteiger partial charge in [-0.25, -0.2) is 5.48 Å². The molecule has 0 fully saturated rings. The summed E-state index contributed by atoms with van der Waals surface area (Å²) < 4.78 is 16.2. The van der Waals surface area contributed by atoms with E-state index in [4.69, 9.17) is 14.2 Å². The average molecular weight is 479 g/mol. The Morgan fingerprint density at radius 1 is 0.886 bits per heavy atom. The first kappa shape index (κ1) is 25.9. The number of hydroxylamine groups is 1. The predicted octanol–water partition coefficient (Wildman–Crippen LogP) is 3.95. The number of hydrogen-bond donors (Lipinski definition) is 3. The van der Waals surface area contributed by atoms with Gasteiger partial charge in [-0.3, -0.25) is 14.8 Å². The minimum Gasteiger partial charge on any atom is -0.457 e. The highest BCUT2D eigenvalue weighted by atomic mass is 16.7. The lowest BCUT2D eigenvalue weighted by Crippen LogP contribution is -2.42. The molecule has 0 aliphatic rings. The summed E-state index contributed by atoms with van der Waals surface area (Å²) in [4.78, 5) is 25.3. The van der Waals surface area contributed by atoms with E-state index in [9.17, 15) is 14.8 Å². The first-order chi connectivity index (χ1) is 17.1. The van der Waals surface area contributed by atoms with Crippen LogP contribution in [0.1, 0.15) is 22.3 Å². The molecule has 0 saturated heterocycles. The van der Waals surface area contributed by atoms with Gasteiger partial charge in [-0.2, -0.15) is 0 Å². The number of carbonyl (C=O) groups is 2. The van der Waals surface area contributed by atoms with E-state index in [-0.39, 0.29) is 25.7 Å². The molecule has 35 heavy (non-hydrogen) atoms. The van der Waals surface area contributed by atoms with E-state index in [1.807, 2.05) is 60.7 Å². The lowest BCUT2D eigenvalue weighted by Gasteiger charge is -2.23. The van der Waals surface area contributed by atoms with E-state index in [0.29, 0.717) is 23.5 Å². The summed E-state index contributed by atoms with van der Waals surface area (Å²) in [7, 11) is 1.50. The van der Waals surface area contributed by atoms with E-state index in [0.717, 1.165) is 5.56 Å². The van der Waals surface area contributed by atoms with Crippen molar-refractivity contribution < 1.29 is 29.0 Å². The number of ether oxygens (including phenoxy) is 3. The summed E-state index contributed by atoms with van der Waals surface area (Å²) in [5.41, 5.74) is 3.12. The molecule has 8 heteroatoms. The van der Waals surface area contributed by atoms with Crippen LogP contribution in [0, 0.1) is 5.92 Å². The number of hydrogen-bond acceptors (Lipinski definition) is 6. The standard InChI is InChI=1S/C27H30N2O6/c1-33-19-34-18-23(17-22(27(31)29-32)16-20-8-4-2-5-9-20)28-26(30)21-12-14-25(15-13-21)35-24-10-6-3-7-11-24/h2-15,22-23,32H,16-19H2,1H3,(H,28,30)(H,29,31)/t22-,23+/m0/s1. The van der Waals surface area contributed by atoms with Gasteiger partial charge in [-0.05, 0) is 54.8 Å². The molecule has 184 valence electrons. The molecule has 0 unspecified atom stereocenters. The number of methoxy groups -OCH3 is 1. The number of rotatable bonds is 13. The van der Waals surface area contributed by atoms with Gasteiger partial charge >= 0.3 is 0 Å². The van der Waals surface area contributed by atoms with E-state index >= 15 is 0 Å². The molecule has 3 aromatic carbocycles. The molecule has 2 atom stereocenters. The van der Waals surface area contributed by atoms with E-state index in [1.165, 1.54) is 7.11 Å². The lowest BCUT2D eigenvalue weighted by atomic mass is 9.92. The molecule has 0 saturated carbocycles. The molecule has 0 heterocycles. The molecule has 0 aliphatic carbocycles. The lowest BCUT2D eigenvalue weighted by molar-refractivity contribution is -0.134. The van der Waals surface area contributed by atoms with Crippen molar-refractivity contribution >= 4 is 11.8 Å². The van der Waals surface area contributed by atoms with Crippen molar-refractivity contribution in [1.82, 2.24) is 10.8 Å². The van der Waals surface area contributed by atoms with Gasteiger partial charge in [0.2, 0.25) is 5.91 Å². The third-order valence-electron chi connectivity index (χ3n) is 5.33. The Bertz CT molecular complexity index is 1040. The maximum atomic E-state index is 12.9. The van der Waals surface area contributed by atoms with Gasteiger partial charge in [0.15, 0.2) is 0 Å². The van der Waals surface area contributed by atoms with Crippen molar-refractivity contribution in [3.8, 4) is 11.5 Å². The second-order valence-electron chi connectivity index (χ2n) is 7.99. The van der Waals surface area contributed by atoms with E-state index in [2.05, 4.69) is 5.32 Å². The van der Waals surface area contributed by atoms with Gasteiger partial charge < -0.3 is 19.5 Å². The zero-order valence-electron chi connectivity index (χ0n) is 19.6. The van der Waals surface area contributed by atoms with E-state index in [1.54, 1.807) is 29.7 Å². The third kappa shape index (κ3) is 8.53. The minimum absolute atomic E-state index is 0.0490. The van der Waals surface area contributed by atoms with Crippen molar-refractivity contribution in [3.63, 3.8) is 0 Å². The number of nitrogens with one attached hydrogen (secondary N) is 2. The molecule has 3 rings (SSSR count). The fourth-order valence-corrected chi connectivity index (χ4v) is 3.63. The summed E-state index contributed by atoms with van der Waals surface area (Å²) in [5, 5.41) is 12.2. The Morgan fingerprint density at radius 3 is 2.14 bits per heavy atom. The zero-order valence-corrected chi connectivity index (χ0v) is 19.6. The molecule has 0 spiro atoms. The smallest absolute Gasteiger partial charge is 0.251 e. The van der Waals surface area contributed by atoms with Crippen LogP contribution in [0.4, 0.5) is 0 Å². The van der Waals surface area contributed by atoms with E-state index < -0.39 is 17.9 Å². The van der Waals surface area contributed by atoms with Crippen LogP contribution in [0.5, 0.6) is 11.5 Å². The normalized spacial score (nSPS) is 12.4. The predicted molar refractivity (Wildman–Crippen MR) is 130 cm³/mol. The first-order valence-electron chi connectivity index (χ1n) is 11.3. The average Bonchev–Trinajstić information content (AvgIpc) is 2.89. The summed E-state index contributed by atoms with van der Waals surface area (Å²) in [6.07, 6.45) is 0.654. The molecule has 2 amide bonds. The minimum atomic E-state index is -0.583. The van der Waals surface area contributed by atoms with Crippen LogP contribution in [0.15, 0.2) is 84.9 Å². The Kier molecular flexibility index (Phi) is 10.3. The topological polar surface area (TPSA) is 106 Å². The Hall–Kier alpha value is -3.72. The van der Waals surface area contributed by atoms with Gasteiger partial charge in [0.05, 0.1) is 12.6 Å². The summed E-state index contributed by atoms with van der Waals surface area (Å²) in [6, 6.07) is 25.1. The monoisotopic (exact) mass is 478 g/mol. The molecular formula is C27H30N2O6. The van der Waals surface area contributed by atoms with Crippen LogP contribution in [0.3, 0.4) is 0 Å². The highest BCUT2D eigenvalue weighted by molar-refractivity contribution is 5.94. The summed E-state index contributed by atoms with van der Waals surface area (Å²) in [5.74, 6) is -0.116. The molecule has 3 N–H and O–H groups in total. The molecule has 8 nitrogen and oxygen atoms in total. The fraction of sp³-hybridized carbons (Fsp3) is 0.259. The van der Waals surface area contributed by atoms with Crippen molar-refractivity contribution in [2.45, 2.75) is 18.9 Å². The Morgan fingerprint density at radius 2 is 1.51 bits per heavy atom. The first-order valence-corrected chi connectivity index (χ1v) is 11.3. The van der Waals surface area contributed by atoms with Gasteiger partial charge in [0.25, 0.3) is 5.91 Å². The molecular weight excluding hydrogens is 448 g/mol. The number of amides is 2. The third-order valence-corrected chi connectivity index (χ3v) is 5.33.